The lowest BCUT2D eigenvalue weighted by Crippen LogP contribution is -2.48. The Labute approximate surface area is 181 Å². The number of piperazine rings is 1. The summed E-state index contributed by atoms with van der Waals surface area (Å²) in [6, 6.07) is 13.1. The zero-order valence-electron chi connectivity index (χ0n) is 17.8. The molecule has 4 rings (SSSR count). The van der Waals surface area contributed by atoms with Gasteiger partial charge in [0.25, 0.3) is 11.8 Å². The topological polar surface area (TPSA) is 75.2 Å². The number of methoxy groups -OCH3 is 2. The molecule has 0 radical (unpaired) electrons. The molecule has 0 unspecified atom stereocenters. The molecule has 1 fully saturated rings. The number of nitrogens with zero attached hydrogens (tertiary/aromatic N) is 4. The van der Waals surface area contributed by atoms with E-state index in [1.807, 2.05) is 35.2 Å². The molecule has 1 aromatic heterocycles. The predicted molar refractivity (Wildman–Crippen MR) is 117 cm³/mol. The highest BCUT2D eigenvalue weighted by molar-refractivity contribution is 6.35. The SMILES string of the molecule is COCCN1C(=O)C(c2ccc(OC)cc2)=C(N2CCN(c3ccccn3)CC2)C1=O. The van der Waals surface area contributed by atoms with Crippen molar-refractivity contribution in [2.45, 2.75) is 0 Å². The Bertz CT molecular complexity index is 967. The third-order valence-electron chi connectivity index (χ3n) is 5.61. The van der Waals surface area contributed by atoms with Gasteiger partial charge >= 0.3 is 0 Å². The molecular weight excluding hydrogens is 396 g/mol. The van der Waals surface area contributed by atoms with Gasteiger partial charge in [0, 0.05) is 39.5 Å². The highest BCUT2D eigenvalue weighted by Gasteiger charge is 2.42. The number of imide groups is 1. The molecule has 162 valence electrons. The van der Waals surface area contributed by atoms with Gasteiger partial charge in [-0.1, -0.05) is 18.2 Å². The summed E-state index contributed by atoms with van der Waals surface area (Å²) in [6.07, 6.45) is 1.78. The molecule has 0 aliphatic carbocycles. The average Bonchev–Trinajstić information content (AvgIpc) is 3.07. The fraction of sp³-hybridized carbons (Fsp3) is 0.348. The maximum Gasteiger partial charge on any atom is 0.277 e. The second-order valence-corrected chi connectivity index (χ2v) is 7.37. The van der Waals surface area contributed by atoms with Gasteiger partial charge in [-0.25, -0.2) is 4.98 Å². The normalized spacial score (nSPS) is 17.0. The van der Waals surface area contributed by atoms with Gasteiger partial charge < -0.3 is 19.3 Å². The van der Waals surface area contributed by atoms with E-state index in [0.29, 0.717) is 42.3 Å². The number of anilines is 1. The summed E-state index contributed by atoms with van der Waals surface area (Å²) in [5.41, 5.74) is 1.61. The fourth-order valence-corrected chi connectivity index (χ4v) is 3.96. The first-order valence-electron chi connectivity index (χ1n) is 10.3. The molecular formula is C23H26N4O4. The minimum atomic E-state index is -0.283. The summed E-state index contributed by atoms with van der Waals surface area (Å²) >= 11 is 0. The Balaban J connectivity index is 1.62. The average molecular weight is 422 g/mol. The third-order valence-corrected chi connectivity index (χ3v) is 5.61. The van der Waals surface area contributed by atoms with Crippen LogP contribution in [0.2, 0.25) is 0 Å². The Hall–Kier alpha value is -3.39. The van der Waals surface area contributed by atoms with Gasteiger partial charge in [0.15, 0.2) is 0 Å². The second kappa shape index (κ2) is 9.18. The van der Waals surface area contributed by atoms with Crippen molar-refractivity contribution in [1.29, 1.82) is 0 Å². The van der Waals surface area contributed by atoms with Gasteiger partial charge in [0.1, 0.15) is 17.3 Å². The molecule has 31 heavy (non-hydrogen) atoms. The molecule has 1 saturated heterocycles. The number of ether oxygens (including phenoxy) is 2. The van der Waals surface area contributed by atoms with E-state index < -0.39 is 0 Å². The van der Waals surface area contributed by atoms with Crippen molar-refractivity contribution in [2.24, 2.45) is 0 Å². The third kappa shape index (κ3) is 4.11. The van der Waals surface area contributed by atoms with Crippen molar-refractivity contribution in [2.75, 3.05) is 58.5 Å². The maximum absolute atomic E-state index is 13.3. The van der Waals surface area contributed by atoms with Crippen LogP contribution in [0.3, 0.4) is 0 Å². The van der Waals surface area contributed by atoms with Gasteiger partial charge in [-0.2, -0.15) is 0 Å². The Kier molecular flexibility index (Phi) is 6.18. The minimum absolute atomic E-state index is 0.227. The number of pyridine rings is 1. The lowest BCUT2D eigenvalue weighted by molar-refractivity contribution is -0.138. The molecule has 0 bridgehead atoms. The quantitative estimate of drug-likeness (QED) is 0.628. The lowest BCUT2D eigenvalue weighted by atomic mass is 10.0. The molecule has 3 heterocycles. The van der Waals surface area contributed by atoms with Gasteiger partial charge in [-0.15, -0.1) is 0 Å². The van der Waals surface area contributed by atoms with Crippen molar-refractivity contribution < 1.29 is 19.1 Å². The van der Waals surface area contributed by atoms with Crippen LogP contribution in [0, 0.1) is 0 Å². The number of hydrogen-bond donors (Lipinski definition) is 0. The van der Waals surface area contributed by atoms with Crippen LogP contribution >= 0.6 is 0 Å². The summed E-state index contributed by atoms with van der Waals surface area (Å²) in [5, 5.41) is 0. The number of benzene rings is 1. The summed E-state index contributed by atoms with van der Waals surface area (Å²) < 4.78 is 10.3. The first-order valence-corrected chi connectivity index (χ1v) is 10.3. The smallest absolute Gasteiger partial charge is 0.277 e. The molecule has 8 heteroatoms. The number of carbonyl (C=O) groups excluding carboxylic acids is 2. The van der Waals surface area contributed by atoms with Crippen LogP contribution in [0.25, 0.3) is 5.57 Å². The molecule has 0 atom stereocenters. The summed E-state index contributed by atoms with van der Waals surface area (Å²) in [4.78, 5) is 36.4. The molecule has 0 spiro atoms. The van der Waals surface area contributed by atoms with E-state index in [9.17, 15) is 9.59 Å². The standard InChI is InChI=1S/C23H26N4O4/c1-30-16-15-27-22(28)20(17-6-8-18(31-2)9-7-17)21(23(27)29)26-13-11-25(12-14-26)19-5-3-4-10-24-19/h3-10H,11-16H2,1-2H3. The summed E-state index contributed by atoms with van der Waals surface area (Å²) in [7, 11) is 3.15. The van der Waals surface area contributed by atoms with E-state index >= 15 is 0 Å². The Morgan fingerprint density at radius 3 is 2.23 bits per heavy atom. The molecule has 8 nitrogen and oxygen atoms in total. The molecule has 2 aromatic rings. The number of amides is 2. The molecule has 0 N–H and O–H groups in total. The summed E-state index contributed by atoms with van der Waals surface area (Å²) in [5.74, 6) is 1.07. The van der Waals surface area contributed by atoms with Crippen LogP contribution < -0.4 is 9.64 Å². The first kappa shape index (κ1) is 20.9. The lowest BCUT2D eigenvalue weighted by Gasteiger charge is -2.37. The zero-order valence-corrected chi connectivity index (χ0v) is 17.8. The molecule has 1 aromatic carbocycles. The number of rotatable bonds is 7. The monoisotopic (exact) mass is 422 g/mol. The zero-order chi connectivity index (χ0) is 21.8. The van der Waals surface area contributed by atoms with Gasteiger partial charge in [0.2, 0.25) is 0 Å². The van der Waals surface area contributed by atoms with E-state index in [4.69, 9.17) is 9.47 Å². The summed E-state index contributed by atoms with van der Waals surface area (Å²) in [6.45, 7) is 3.22. The molecule has 2 aliphatic heterocycles. The van der Waals surface area contributed by atoms with Crippen LogP contribution in [0.5, 0.6) is 5.75 Å². The number of carbonyl (C=O) groups is 2. The van der Waals surface area contributed by atoms with Crippen molar-refractivity contribution in [3.8, 4) is 5.75 Å². The van der Waals surface area contributed by atoms with Crippen molar-refractivity contribution >= 4 is 23.2 Å². The first-order chi connectivity index (χ1) is 15.1. The van der Waals surface area contributed by atoms with Crippen LogP contribution in [0.15, 0.2) is 54.4 Å². The Morgan fingerprint density at radius 1 is 0.903 bits per heavy atom. The van der Waals surface area contributed by atoms with Crippen LogP contribution in [0.4, 0.5) is 5.82 Å². The highest BCUT2D eigenvalue weighted by atomic mass is 16.5. The maximum atomic E-state index is 13.3. The van der Waals surface area contributed by atoms with Gasteiger partial charge in [0.05, 0.1) is 25.8 Å². The van der Waals surface area contributed by atoms with Crippen molar-refractivity contribution in [1.82, 2.24) is 14.8 Å². The van der Waals surface area contributed by atoms with Crippen molar-refractivity contribution in [3.05, 3.63) is 59.9 Å². The molecule has 0 saturated carbocycles. The molecule has 2 aliphatic rings. The van der Waals surface area contributed by atoms with E-state index in [1.54, 1.807) is 32.5 Å². The number of hydrogen-bond acceptors (Lipinski definition) is 7. The number of aromatic nitrogens is 1. The van der Waals surface area contributed by atoms with E-state index in [-0.39, 0.29) is 18.4 Å². The largest absolute Gasteiger partial charge is 0.497 e. The van der Waals surface area contributed by atoms with Crippen molar-refractivity contribution in [3.63, 3.8) is 0 Å². The van der Waals surface area contributed by atoms with E-state index in [1.165, 1.54) is 4.90 Å². The minimum Gasteiger partial charge on any atom is -0.497 e. The van der Waals surface area contributed by atoms with Crippen LogP contribution in [0.1, 0.15) is 5.56 Å². The highest BCUT2D eigenvalue weighted by Crippen LogP contribution is 2.33. The second-order valence-electron chi connectivity index (χ2n) is 7.37. The predicted octanol–water partition coefficient (Wildman–Crippen LogP) is 1.64. The van der Waals surface area contributed by atoms with Gasteiger partial charge in [-0.3, -0.25) is 14.5 Å². The van der Waals surface area contributed by atoms with Gasteiger partial charge in [-0.05, 0) is 29.8 Å². The molecule has 2 amide bonds. The van der Waals surface area contributed by atoms with E-state index in [0.717, 1.165) is 18.9 Å². The van der Waals surface area contributed by atoms with E-state index in [2.05, 4.69) is 9.88 Å². The van der Waals surface area contributed by atoms with Crippen LogP contribution in [-0.2, 0) is 14.3 Å². The van der Waals surface area contributed by atoms with Crippen LogP contribution in [-0.4, -0.2) is 80.1 Å². The Morgan fingerprint density at radius 2 is 1.61 bits per heavy atom. The fourth-order valence-electron chi connectivity index (χ4n) is 3.96.